The first-order valence-corrected chi connectivity index (χ1v) is 9.41. The number of ether oxygens (including phenoxy) is 1. The fourth-order valence-corrected chi connectivity index (χ4v) is 3.57. The van der Waals surface area contributed by atoms with E-state index in [9.17, 15) is 8.42 Å². The first kappa shape index (κ1) is 17.4. The Kier molecular flexibility index (Phi) is 5.00. The molecule has 7 nitrogen and oxygen atoms in total. The topological polar surface area (TPSA) is 85.6 Å². The van der Waals surface area contributed by atoms with Gasteiger partial charge in [-0.25, -0.2) is 22.6 Å². The molecule has 0 bridgehead atoms. The fourth-order valence-electron chi connectivity index (χ4n) is 2.50. The van der Waals surface area contributed by atoms with Crippen LogP contribution in [-0.2, 0) is 16.4 Å². The van der Waals surface area contributed by atoms with Crippen LogP contribution in [0.2, 0.25) is 0 Å². The molecule has 2 aromatic heterocycles. The summed E-state index contributed by atoms with van der Waals surface area (Å²) in [6.45, 7) is 2.27. The van der Waals surface area contributed by atoms with E-state index in [1.165, 1.54) is 12.1 Å². The predicted octanol–water partition coefficient (Wildman–Crippen LogP) is 1.96. The minimum Gasteiger partial charge on any atom is -0.497 e. The van der Waals surface area contributed by atoms with Crippen molar-refractivity contribution in [2.75, 3.05) is 13.7 Å². The van der Waals surface area contributed by atoms with Crippen LogP contribution in [0.3, 0.4) is 0 Å². The van der Waals surface area contributed by atoms with E-state index in [1.54, 1.807) is 30.0 Å². The maximum Gasteiger partial charge on any atom is 0.240 e. The number of fused-ring (bicyclic) bond motifs is 1. The summed E-state index contributed by atoms with van der Waals surface area (Å²) in [7, 11) is -1.97. The lowest BCUT2D eigenvalue weighted by molar-refractivity contribution is 0.414. The number of aromatic nitrogens is 3. The number of sulfonamides is 1. The molecule has 0 aliphatic heterocycles. The third kappa shape index (κ3) is 4.15. The molecule has 0 fully saturated rings. The highest BCUT2D eigenvalue weighted by atomic mass is 32.2. The van der Waals surface area contributed by atoms with Gasteiger partial charge < -0.3 is 4.74 Å². The molecule has 0 radical (unpaired) electrons. The van der Waals surface area contributed by atoms with E-state index in [0.717, 1.165) is 16.9 Å². The molecule has 0 atom stereocenters. The number of rotatable bonds is 7. The van der Waals surface area contributed by atoms with Crippen molar-refractivity contribution in [1.29, 1.82) is 0 Å². The molecular formula is C17H20N4O3S. The second kappa shape index (κ2) is 7.20. The second-order valence-corrected chi connectivity index (χ2v) is 7.49. The summed E-state index contributed by atoms with van der Waals surface area (Å²) in [6.07, 6.45) is 5.11. The third-order valence-corrected chi connectivity index (χ3v) is 5.27. The summed E-state index contributed by atoms with van der Waals surface area (Å²) in [5, 5.41) is 4.33. The first-order valence-electron chi connectivity index (χ1n) is 7.92. The normalized spacial score (nSPS) is 11.8. The number of benzene rings is 1. The molecule has 1 N–H and O–H groups in total. The number of hydrogen-bond acceptors (Lipinski definition) is 5. The zero-order valence-electron chi connectivity index (χ0n) is 14.1. The van der Waals surface area contributed by atoms with E-state index in [0.29, 0.717) is 25.1 Å². The van der Waals surface area contributed by atoms with Crippen molar-refractivity contribution < 1.29 is 13.2 Å². The Morgan fingerprint density at radius 3 is 2.72 bits per heavy atom. The lowest BCUT2D eigenvalue weighted by Crippen LogP contribution is -2.25. The van der Waals surface area contributed by atoms with Gasteiger partial charge in [0.05, 0.1) is 17.7 Å². The predicted molar refractivity (Wildman–Crippen MR) is 94.2 cm³/mol. The summed E-state index contributed by atoms with van der Waals surface area (Å²) < 4.78 is 33.9. The molecule has 3 aromatic rings. The third-order valence-electron chi connectivity index (χ3n) is 3.79. The van der Waals surface area contributed by atoms with Crippen LogP contribution in [0.4, 0.5) is 0 Å². The van der Waals surface area contributed by atoms with Gasteiger partial charge in [0.25, 0.3) is 0 Å². The highest BCUT2D eigenvalue weighted by Gasteiger charge is 2.13. The summed E-state index contributed by atoms with van der Waals surface area (Å²) >= 11 is 0. The number of hydrogen-bond donors (Lipinski definition) is 1. The molecule has 0 amide bonds. The smallest absolute Gasteiger partial charge is 0.240 e. The van der Waals surface area contributed by atoms with Crippen molar-refractivity contribution in [1.82, 2.24) is 19.3 Å². The van der Waals surface area contributed by atoms with Crippen LogP contribution in [0, 0.1) is 6.92 Å². The molecule has 0 spiro atoms. The highest BCUT2D eigenvalue weighted by Crippen LogP contribution is 2.15. The monoisotopic (exact) mass is 360 g/mol. The van der Waals surface area contributed by atoms with E-state index in [-0.39, 0.29) is 4.90 Å². The molecule has 132 valence electrons. The number of nitrogens with one attached hydrogen (secondary N) is 1. The van der Waals surface area contributed by atoms with Gasteiger partial charge in [-0.2, -0.15) is 5.10 Å². The lowest BCUT2D eigenvalue weighted by atomic mass is 10.2. The van der Waals surface area contributed by atoms with Gasteiger partial charge in [-0.15, -0.1) is 0 Å². The van der Waals surface area contributed by atoms with E-state index in [2.05, 4.69) is 14.8 Å². The molecule has 8 heteroatoms. The Morgan fingerprint density at radius 2 is 2.00 bits per heavy atom. The summed E-state index contributed by atoms with van der Waals surface area (Å²) in [5.41, 5.74) is 2.73. The van der Waals surface area contributed by atoms with Crippen LogP contribution in [0.1, 0.15) is 17.7 Å². The minimum atomic E-state index is -3.51. The number of nitrogens with zero attached hydrogens (tertiary/aromatic N) is 3. The Labute approximate surface area is 146 Å². The minimum absolute atomic E-state index is 0.225. The molecule has 0 aliphatic rings. The van der Waals surface area contributed by atoms with Crippen molar-refractivity contribution in [3.8, 4) is 5.75 Å². The van der Waals surface area contributed by atoms with Crippen molar-refractivity contribution >= 4 is 15.7 Å². The molecule has 0 saturated carbocycles. The van der Waals surface area contributed by atoms with Crippen LogP contribution in [-0.4, -0.2) is 36.7 Å². The van der Waals surface area contributed by atoms with Gasteiger partial charge in [0, 0.05) is 25.0 Å². The zero-order chi connectivity index (χ0) is 17.9. The van der Waals surface area contributed by atoms with Gasteiger partial charge in [0.2, 0.25) is 10.0 Å². The van der Waals surface area contributed by atoms with Gasteiger partial charge in [-0.05, 0) is 49.6 Å². The van der Waals surface area contributed by atoms with Crippen LogP contribution in [0.15, 0.2) is 47.6 Å². The average Bonchev–Trinajstić information content (AvgIpc) is 2.98. The summed E-state index contributed by atoms with van der Waals surface area (Å²) in [6, 6.07) is 8.22. The van der Waals surface area contributed by atoms with Gasteiger partial charge >= 0.3 is 0 Å². The fraction of sp³-hybridized carbons (Fsp3) is 0.294. The molecule has 3 rings (SSSR count). The van der Waals surface area contributed by atoms with Crippen LogP contribution in [0.25, 0.3) is 5.65 Å². The van der Waals surface area contributed by atoms with Crippen LogP contribution in [0.5, 0.6) is 5.75 Å². The highest BCUT2D eigenvalue weighted by molar-refractivity contribution is 7.89. The zero-order valence-corrected chi connectivity index (χ0v) is 15.0. The van der Waals surface area contributed by atoms with Crippen LogP contribution >= 0.6 is 0 Å². The van der Waals surface area contributed by atoms with Crippen molar-refractivity contribution in [3.63, 3.8) is 0 Å². The Hall–Kier alpha value is -2.45. The lowest BCUT2D eigenvalue weighted by Gasteiger charge is -2.07. The SMILES string of the molecule is COc1ccc(S(=O)(=O)NCCCc2cnc3cc(C)nn3c2)cc1. The van der Waals surface area contributed by atoms with Gasteiger partial charge in [0.15, 0.2) is 5.65 Å². The van der Waals surface area contributed by atoms with Crippen LogP contribution < -0.4 is 9.46 Å². The number of aryl methyl sites for hydroxylation is 2. The van der Waals surface area contributed by atoms with E-state index < -0.39 is 10.0 Å². The van der Waals surface area contributed by atoms with Gasteiger partial charge in [-0.3, -0.25) is 0 Å². The average molecular weight is 360 g/mol. The second-order valence-electron chi connectivity index (χ2n) is 5.73. The summed E-state index contributed by atoms with van der Waals surface area (Å²) in [4.78, 5) is 4.57. The van der Waals surface area contributed by atoms with Crippen molar-refractivity contribution in [2.24, 2.45) is 0 Å². The molecule has 25 heavy (non-hydrogen) atoms. The molecule has 0 aliphatic carbocycles. The molecule has 1 aromatic carbocycles. The molecule has 0 saturated heterocycles. The Balaban J connectivity index is 1.55. The van der Waals surface area contributed by atoms with Crippen molar-refractivity contribution in [2.45, 2.75) is 24.7 Å². The van der Waals surface area contributed by atoms with E-state index in [4.69, 9.17) is 4.74 Å². The van der Waals surface area contributed by atoms with Gasteiger partial charge in [0.1, 0.15) is 5.75 Å². The maximum atomic E-state index is 12.2. The Bertz CT molecular complexity index is 965. The molecule has 2 heterocycles. The van der Waals surface area contributed by atoms with E-state index in [1.807, 2.05) is 19.2 Å². The molecule has 0 unspecified atom stereocenters. The molecular weight excluding hydrogens is 340 g/mol. The summed E-state index contributed by atoms with van der Waals surface area (Å²) in [5.74, 6) is 0.621. The van der Waals surface area contributed by atoms with Gasteiger partial charge in [-0.1, -0.05) is 0 Å². The quantitative estimate of drug-likeness (QED) is 0.651. The maximum absolute atomic E-state index is 12.2. The van der Waals surface area contributed by atoms with E-state index >= 15 is 0 Å². The number of methoxy groups -OCH3 is 1. The first-order chi connectivity index (χ1) is 12.0. The van der Waals surface area contributed by atoms with Crippen molar-refractivity contribution in [3.05, 3.63) is 54.0 Å². The standard InChI is InChI=1S/C17H20N4O3S/c1-13-10-17-18-11-14(12-21(17)20-13)4-3-9-19-25(22,23)16-7-5-15(24-2)6-8-16/h5-8,10-12,19H,3-4,9H2,1-2H3. The Morgan fingerprint density at radius 1 is 1.24 bits per heavy atom. The largest absolute Gasteiger partial charge is 0.497 e.